The molecule has 2 aromatic rings. The van der Waals surface area contributed by atoms with Crippen LogP contribution in [0.4, 0.5) is 15.8 Å². The second kappa shape index (κ2) is 6.31. The molecule has 2 N–H and O–H groups in total. The van der Waals surface area contributed by atoms with Crippen molar-refractivity contribution >= 4 is 34.0 Å². The maximum absolute atomic E-state index is 14.3. The van der Waals surface area contributed by atoms with E-state index in [0.29, 0.717) is 16.9 Å². The normalized spacial score (nSPS) is 12.6. The van der Waals surface area contributed by atoms with E-state index in [4.69, 9.17) is 5.73 Å². The molecular formula is C15H20FN3S. The van der Waals surface area contributed by atoms with Crippen LogP contribution < -0.4 is 10.6 Å². The third kappa shape index (κ3) is 2.82. The van der Waals surface area contributed by atoms with Crippen LogP contribution in [0.1, 0.15) is 13.3 Å². The van der Waals surface area contributed by atoms with Gasteiger partial charge in [-0.25, -0.2) is 4.39 Å². The van der Waals surface area contributed by atoms with Gasteiger partial charge in [-0.15, -0.1) is 0 Å². The number of benzene rings is 1. The Balaban J connectivity index is 2.48. The van der Waals surface area contributed by atoms with Gasteiger partial charge in [-0.2, -0.15) is 11.8 Å². The summed E-state index contributed by atoms with van der Waals surface area (Å²) in [6, 6.07) is 5.32. The molecule has 0 aliphatic heterocycles. The van der Waals surface area contributed by atoms with E-state index in [-0.39, 0.29) is 11.9 Å². The molecule has 0 aliphatic carbocycles. The number of pyridine rings is 1. The molecule has 1 aromatic heterocycles. The van der Waals surface area contributed by atoms with Gasteiger partial charge in [0.1, 0.15) is 0 Å². The van der Waals surface area contributed by atoms with E-state index in [1.54, 1.807) is 18.0 Å². The number of rotatable bonds is 5. The summed E-state index contributed by atoms with van der Waals surface area (Å²) in [5, 5.41) is 0.799. The van der Waals surface area contributed by atoms with E-state index in [1.807, 2.05) is 24.1 Å². The van der Waals surface area contributed by atoms with E-state index in [9.17, 15) is 4.39 Å². The highest BCUT2D eigenvalue weighted by Crippen LogP contribution is 2.33. The smallest absolute Gasteiger partial charge is 0.150 e. The Hall–Kier alpha value is -1.49. The van der Waals surface area contributed by atoms with Crippen LogP contribution in [0.3, 0.4) is 0 Å². The molecule has 0 bridgehead atoms. The lowest BCUT2D eigenvalue weighted by molar-refractivity contribution is 0.603. The molecule has 2 rings (SSSR count). The Bertz CT molecular complexity index is 603. The van der Waals surface area contributed by atoms with Crippen LogP contribution in [-0.4, -0.2) is 30.1 Å². The molecule has 0 saturated heterocycles. The van der Waals surface area contributed by atoms with Gasteiger partial charge in [-0.1, -0.05) is 0 Å². The lowest BCUT2D eigenvalue weighted by atomic mass is 10.1. The Labute approximate surface area is 123 Å². The lowest BCUT2D eigenvalue weighted by Crippen LogP contribution is -2.30. The van der Waals surface area contributed by atoms with Gasteiger partial charge >= 0.3 is 0 Å². The first kappa shape index (κ1) is 14.9. The predicted octanol–water partition coefficient (Wildman–Crippen LogP) is 3.53. The maximum Gasteiger partial charge on any atom is 0.150 e. The number of nitrogens with two attached hydrogens (primary N) is 1. The fourth-order valence-electron chi connectivity index (χ4n) is 2.26. The minimum Gasteiger partial charge on any atom is -0.398 e. The monoisotopic (exact) mass is 293 g/mol. The van der Waals surface area contributed by atoms with Crippen molar-refractivity contribution in [2.24, 2.45) is 0 Å². The number of thioether (sulfide) groups is 1. The van der Waals surface area contributed by atoms with E-state index in [0.717, 1.165) is 17.6 Å². The molecule has 1 unspecified atom stereocenters. The fraction of sp³-hybridized carbons (Fsp3) is 0.400. The number of halogens is 1. The Morgan fingerprint density at radius 3 is 2.95 bits per heavy atom. The number of aromatic nitrogens is 1. The summed E-state index contributed by atoms with van der Waals surface area (Å²) in [4.78, 5) is 6.28. The third-order valence-corrected chi connectivity index (χ3v) is 4.25. The first-order valence-electron chi connectivity index (χ1n) is 6.60. The molecular weight excluding hydrogens is 273 g/mol. The number of anilines is 2. The number of nitrogen functional groups attached to an aromatic ring is 1. The van der Waals surface area contributed by atoms with Crippen LogP contribution in [0, 0.1) is 5.82 Å². The molecule has 1 aromatic carbocycles. The van der Waals surface area contributed by atoms with Gasteiger partial charge in [-0.05, 0) is 43.6 Å². The average molecular weight is 293 g/mol. The predicted molar refractivity (Wildman–Crippen MR) is 87.0 cm³/mol. The van der Waals surface area contributed by atoms with Crippen LogP contribution in [0.5, 0.6) is 0 Å². The topological polar surface area (TPSA) is 42.1 Å². The molecule has 0 aliphatic rings. The Kier molecular flexibility index (Phi) is 4.70. The molecule has 0 radical (unpaired) electrons. The minimum atomic E-state index is -0.313. The van der Waals surface area contributed by atoms with Gasteiger partial charge in [0.2, 0.25) is 0 Å². The van der Waals surface area contributed by atoms with Crippen molar-refractivity contribution in [2.75, 3.05) is 29.7 Å². The molecule has 108 valence electrons. The van der Waals surface area contributed by atoms with Crippen LogP contribution >= 0.6 is 11.8 Å². The molecule has 0 fully saturated rings. The van der Waals surface area contributed by atoms with Gasteiger partial charge in [0.05, 0.1) is 11.2 Å². The fourth-order valence-corrected chi connectivity index (χ4v) is 2.84. The number of nitrogens with zero attached hydrogens (tertiary/aromatic N) is 2. The van der Waals surface area contributed by atoms with E-state index < -0.39 is 0 Å². The Morgan fingerprint density at radius 1 is 1.50 bits per heavy atom. The zero-order valence-electron chi connectivity index (χ0n) is 12.1. The van der Waals surface area contributed by atoms with Crippen LogP contribution in [0.15, 0.2) is 24.4 Å². The summed E-state index contributed by atoms with van der Waals surface area (Å²) in [7, 11) is 1.91. The van der Waals surface area contributed by atoms with Gasteiger partial charge in [0.25, 0.3) is 0 Å². The minimum absolute atomic E-state index is 0.241. The zero-order chi connectivity index (χ0) is 14.7. The van der Waals surface area contributed by atoms with Crippen LogP contribution in [-0.2, 0) is 0 Å². The highest BCUT2D eigenvalue weighted by molar-refractivity contribution is 7.98. The van der Waals surface area contributed by atoms with Gasteiger partial charge < -0.3 is 10.6 Å². The summed E-state index contributed by atoms with van der Waals surface area (Å²) >= 11 is 1.80. The SMILES string of the molecule is CSCCC(C)N(C)c1c(F)cc(N)c2cccnc12. The summed E-state index contributed by atoms with van der Waals surface area (Å²) in [5.41, 5.74) is 7.47. The molecule has 0 amide bonds. The number of hydrogen-bond donors (Lipinski definition) is 1. The third-order valence-electron chi connectivity index (χ3n) is 3.61. The second-order valence-corrected chi connectivity index (χ2v) is 5.92. The summed E-state index contributed by atoms with van der Waals surface area (Å²) in [6.07, 6.45) is 4.74. The number of hydrogen-bond acceptors (Lipinski definition) is 4. The molecule has 0 spiro atoms. The van der Waals surface area contributed by atoms with E-state index in [2.05, 4.69) is 18.2 Å². The molecule has 3 nitrogen and oxygen atoms in total. The van der Waals surface area contributed by atoms with Crippen molar-refractivity contribution in [3.05, 3.63) is 30.2 Å². The Morgan fingerprint density at radius 2 is 2.25 bits per heavy atom. The summed E-state index contributed by atoms with van der Waals surface area (Å²) in [5.74, 6) is 0.736. The quantitative estimate of drug-likeness (QED) is 0.856. The number of fused-ring (bicyclic) bond motifs is 1. The van der Waals surface area contributed by atoms with E-state index >= 15 is 0 Å². The van der Waals surface area contributed by atoms with Gasteiger partial charge in [-0.3, -0.25) is 4.98 Å². The van der Waals surface area contributed by atoms with Crippen molar-refractivity contribution < 1.29 is 4.39 Å². The first-order valence-corrected chi connectivity index (χ1v) is 8.00. The average Bonchev–Trinajstić information content (AvgIpc) is 2.44. The van der Waals surface area contributed by atoms with Crippen LogP contribution in [0.2, 0.25) is 0 Å². The van der Waals surface area contributed by atoms with Crippen molar-refractivity contribution in [1.82, 2.24) is 4.98 Å². The highest BCUT2D eigenvalue weighted by atomic mass is 32.2. The highest BCUT2D eigenvalue weighted by Gasteiger charge is 2.19. The van der Waals surface area contributed by atoms with Crippen molar-refractivity contribution in [1.29, 1.82) is 0 Å². The molecule has 1 atom stereocenters. The first-order chi connectivity index (χ1) is 9.56. The zero-order valence-corrected chi connectivity index (χ0v) is 12.9. The molecule has 20 heavy (non-hydrogen) atoms. The standard InChI is InChI=1S/C15H20FN3S/c1-10(6-8-20-3)19(2)15-12(16)9-13(17)11-5-4-7-18-14(11)15/h4-5,7,9-10H,6,8,17H2,1-3H3. The van der Waals surface area contributed by atoms with Crippen molar-refractivity contribution in [3.8, 4) is 0 Å². The maximum atomic E-state index is 14.3. The molecule has 5 heteroatoms. The second-order valence-electron chi connectivity index (χ2n) is 4.94. The van der Waals surface area contributed by atoms with Crippen molar-refractivity contribution in [3.63, 3.8) is 0 Å². The van der Waals surface area contributed by atoms with E-state index in [1.165, 1.54) is 6.07 Å². The lowest BCUT2D eigenvalue weighted by Gasteiger charge is -2.28. The summed E-state index contributed by atoms with van der Waals surface area (Å²) < 4.78 is 14.3. The van der Waals surface area contributed by atoms with Crippen LogP contribution in [0.25, 0.3) is 10.9 Å². The molecule has 0 saturated carbocycles. The molecule has 1 heterocycles. The largest absolute Gasteiger partial charge is 0.398 e. The van der Waals surface area contributed by atoms with Gasteiger partial charge in [0.15, 0.2) is 5.82 Å². The van der Waals surface area contributed by atoms with Gasteiger partial charge in [0, 0.05) is 30.4 Å². The van der Waals surface area contributed by atoms with Crippen molar-refractivity contribution in [2.45, 2.75) is 19.4 Å². The summed E-state index contributed by atoms with van der Waals surface area (Å²) in [6.45, 7) is 2.10.